The summed E-state index contributed by atoms with van der Waals surface area (Å²) in [5.41, 5.74) is 0. The summed E-state index contributed by atoms with van der Waals surface area (Å²) in [7, 11) is 0. The summed E-state index contributed by atoms with van der Waals surface area (Å²) in [6.45, 7) is 3.04. The van der Waals surface area contributed by atoms with Crippen molar-refractivity contribution in [1.82, 2.24) is 5.32 Å². The number of nitrogens with zero attached hydrogens (tertiary/aromatic N) is 1. The van der Waals surface area contributed by atoms with E-state index < -0.39 is 6.04 Å². The van der Waals surface area contributed by atoms with Crippen LogP contribution in [0.15, 0.2) is 0 Å². The van der Waals surface area contributed by atoms with Crippen molar-refractivity contribution in [3.8, 4) is 6.07 Å². The number of carbonyl (C=O) groups excluding carboxylic acids is 1. The minimum atomic E-state index is -0.491. The molecule has 1 fully saturated rings. The summed E-state index contributed by atoms with van der Waals surface area (Å²) in [5, 5.41) is 11.5. The molecule has 0 heterocycles. The van der Waals surface area contributed by atoms with E-state index >= 15 is 0 Å². The Kier molecular flexibility index (Phi) is 5.13. The van der Waals surface area contributed by atoms with Crippen LogP contribution in [0.5, 0.6) is 0 Å². The SMILES string of the molecule is CCCCOCC(C#N)NC(=O)C1CC1. The molecule has 4 heteroatoms. The Morgan fingerprint density at radius 2 is 2.40 bits per heavy atom. The Bertz CT molecular complexity index is 243. The van der Waals surface area contributed by atoms with E-state index in [1.165, 1.54) is 0 Å². The van der Waals surface area contributed by atoms with Gasteiger partial charge in [0.2, 0.25) is 5.91 Å². The lowest BCUT2D eigenvalue weighted by atomic mass is 10.3. The van der Waals surface area contributed by atoms with Gasteiger partial charge in [0.15, 0.2) is 0 Å². The molecule has 1 N–H and O–H groups in total. The second-order valence-electron chi connectivity index (χ2n) is 3.89. The number of hydrogen-bond donors (Lipinski definition) is 1. The molecule has 1 atom stereocenters. The number of nitrogens with one attached hydrogen (secondary N) is 1. The molecule has 84 valence electrons. The second-order valence-corrected chi connectivity index (χ2v) is 3.89. The van der Waals surface area contributed by atoms with Crippen molar-refractivity contribution in [1.29, 1.82) is 5.26 Å². The van der Waals surface area contributed by atoms with E-state index in [0.29, 0.717) is 13.2 Å². The van der Waals surface area contributed by atoms with E-state index in [1.807, 2.05) is 6.07 Å². The first-order chi connectivity index (χ1) is 7.27. The molecule has 0 saturated heterocycles. The van der Waals surface area contributed by atoms with Gasteiger partial charge in [0.05, 0.1) is 12.7 Å². The van der Waals surface area contributed by atoms with Gasteiger partial charge in [-0.15, -0.1) is 0 Å². The summed E-state index contributed by atoms with van der Waals surface area (Å²) in [5.74, 6) is 0.150. The van der Waals surface area contributed by atoms with E-state index in [4.69, 9.17) is 10.00 Å². The number of hydrogen-bond acceptors (Lipinski definition) is 3. The van der Waals surface area contributed by atoms with Crippen LogP contribution in [-0.4, -0.2) is 25.2 Å². The summed E-state index contributed by atoms with van der Waals surface area (Å²) in [4.78, 5) is 11.3. The smallest absolute Gasteiger partial charge is 0.224 e. The maximum absolute atomic E-state index is 11.3. The van der Waals surface area contributed by atoms with Gasteiger partial charge >= 0.3 is 0 Å². The third-order valence-electron chi connectivity index (χ3n) is 2.35. The van der Waals surface area contributed by atoms with Crippen molar-refractivity contribution in [2.45, 2.75) is 38.6 Å². The molecule has 4 nitrogen and oxygen atoms in total. The Morgan fingerprint density at radius 1 is 1.67 bits per heavy atom. The van der Waals surface area contributed by atoms with Crippen molar-refractivity contribution < 1.29 is 9.53 Å². The van der Waals surface area contributed by atoms with Crippen LogP contribution in [0, 0.1) is 17.2 Å². The van der Waals surface area contributed by atoms with Gasteiger partial charge < -0.3 is 10.1 Å². The highest BCUT2D eigenvalue weighted by Gasteiger charge is 2.30. The fraction of sp³-hybridized carbons (Fsp3) is 0.818. The number of amides is 1. The average molecular weight is 210 g/mol. The van der Waals surface area contributed by atoms with Crippen LogP contribution in [0.3, 0.4) is 0 Å². The fourth-order valence-corrected chi connectivity index (χ4v) is 1.19. The van der Waals surface area contributed by atoms with Gasteiger partial charge in [-0.3, -0.25) is 4.79 Å². The molecule has 1 saturated carbocycles. The van der Waals surface area contributed by atoms with Gasteiger partial charge in [0, 0.05) is 12.5 Å². The Hall–Kier alpha value is -1.08. The van der Waals surface area contributed by atoms with E-state index in [0.717, 1.165) is 25.7 Å². The molecule has 1 amide bonds. The standard InChI is InChI=1S/C11H18N2O2/c1-2-3-6-15-8-10(7-12)13-11(14)9-4-5-9/h9-10H,2-6,8H2,1H3,(H,13,14). The maximum Gasteiger partial charge on any atom is 0.224 e. The number of ether oxygens (including phenoxy) is 1. The number of carbonyl (C=O) groups is 1. The van der Waals surface area contributed by atoms with Crippen molar-refractivity contribution >= 4 is 5.91 Å². The first-order valence-electron chi connectivity index (χ1n) is 5.55. The van der Waals surface area contributed by atoms with Crippen molar-refractivity contribution in [3.05, 3.63) is 0 Å². The molecule has 1 rings (SSSR count). The molecular formula is C11H18N2O2. The van der Waals surface area contributed by atoms with Crippen molar-refractivity contribution in [2.75, 3.05) is 13.2 Å². The fourth-order valence-electron chi connectivity index (χ4n) is 1.19. The molecule has 0 bridgehead atoms. The van der Waals surface area contributed by atoms with Crippen molar-refractivity contribution in [2.24, 2.45) is 5.92 Å². The number of nitriles is 1. The second kappa shape index (κ2) is 6.41. The summed E-state index contributed by atoms with van der Waals surface area (Å²) >= 11 is 0. The summed E-state index contributed by atoms with van der Waals surface area (Å²) in [6, 6.07) is 1.54. The zero-order valence-electron chi connectivity index (χ0n) is 9.16. The molecule has 1 unspecified atom stereocenters. The van der Waals surface area contributed by atoms with E-state index in [9.17, 15) is 4.79 Å². The lowest BCUT2D eigenvalue weighted by Crippen LogP contribution is -2.38. The Balaban J connectivity index is 2.12. The lowest BCUT2D eigenvalue weighted by Gasteiger charge is -2.11. The summed E-state index contributed by atoms with van der Waals surface area (Å²) in [6.07, 6.45) is 3.99. The van der Waals surface area contributed by atoms with Crippen LogP contribution in [0.4, 0.5) is 0 Å². The monoisotopic (exact) mass is 210 g/mol. The third-order valence-corrected chi connectivity index (χ3v) is 2.35. The molecule has 15 heavy (non-hydrogen) atoms. The minimum Gasteiger partial charge on any atom is -0.378 e. The zero-order valence-corrected chi connectivity index (χ0v) is 9.16. The molecule has 0 spiro atoms. The van der Waals surface area contributed by atoms with E-state index in [1.54, 1.807) is 0 Å². The normalized spacial score (nSPS) is 16.8. The minimum absolute atomic E-state index is 0.000594. The average Bonchev–Trinajstić information content (AvgIpc) is 3.05. The van der Waals surface area contributed by atoms with Crippen LogP contribution in [0.25, 0.3) is 0 Å². The first kappa shape index (κ1) is 12.0. The van der Waals surface area contributed by atoms with Crippen molar-refractivity contribution in [3.63, 3.8) is 0 Å². The van der Waals surface area contributed by atoms with Crippen LogP contribution in [0.2, 0.25) is 0 Å². The van der Waals surface area contributed by atoms with Crippen LogP contribution in [0.1, 0.15) is 32.6 Å². The number of rotatable bonds is 7. The molecule has 0 aromatic heterocycles. The number of unbranched alkanes of at least 4 members (excludes halogenated alkanes) is 1. The summed E-state index contributed by atoms with van der Waals surface area (Å²) < 4.78 is 5.29. The molecule has 1 aliphatic rings. The predicted molar refractivity (Wildman–Crippen MR) is 56.0 cm³/mol. The van der Waals surface area contributed by atoms with Gasteiger partial charge in [-0.1, -0.05) is 13.3 Å². The topological polar surface area (TPSA) is 62.1 Å². The Labute approximate surface area is 90.6 Å². The Morgan fingerprint density at radius 3 is 2.93 bits per heavy atom. The van der Waals surface area contributed by atoms with Gasteiger partial charge in [0.25, 0.3) is 0 Å². The van der Waals surface area contributed by atoms with Gasteiger partial charge in [-0.25, -0.2) is 0 Å². The molecule has 0 radical (unpaired) electrons. The molecule has 0 aromatic carbocycles. The van der Waals surface area contributed by atoms with Crippen LogP contribution < -0.4 is 5.32 Å². The van der Waals surface area contributed by atoms with E-state index in [-0.39, 0.29) is 11.8 Å². The zero-order chi connectivity index (χ0) is 11.1. The van der Waals surface area contributed by atoms with E-state index in [2.05, 4.69) is 12.2 Å². The lowest BCUT2D eigenvalue weighted by molar-refractivity contribution is -0.123. The third kappa shape index (κ3) is 4.80. The molecule has 0 aliphatic heterocycles. The highest BCUT2D eigenvalue weighted by molar-refractivity contribution is 5.81. The molecular weight excluding hydrogens is 192 g/mol. The maximum atomic E-state index is 11.3. The first-order valence-corrected chi connectivity index (χ1v) is 5.55. The van der Waals surface area contributed by atoms with Crippen LogP contribution in [-0.2, 0) is 9.53 Å². The highest BCUT2D eigenvalue weighted by atomic mass is 16.5. The largest absolute Gasteiger partial charge is 0.378 e. The van der Waals surface area contributed by atoms with Gasteiger partial charge in [-0.05, 0) is 19.3 Å². The predicted octanol–water partition coefficient (Wildman–Crippen LogP) is 1.22. The highest BCUT2D eigenvalue weighted by Crippen LogP contribution is 2.28. The van der Waals surface area contributed by atoms with Crippen LogP contribution >= 0.6 is 0 Å². The quantitative estimate of drug-likeness (QED) is 0.643. The van der Waals surface area contributed by atoms with Gasteiger partial charge in [0.1, 0.15) is 6.04 Å². The van der Waals surface area contributed by atoms with Gasteiger partial charge in [-0.2, -0.15) is 5.26 Å². The molecule has 1 aliphatic carbocycles. The molecule has 0 aromatic rings.